The van der Waals surface area contributed by atoms with Crippen LogP contribution in [0.4, 0.5) is 16.2 Å². The largest absolute Gasteiger partial charge is 0.495 e. The van der Waals surface area contributed by atoms with Gasteiger partial charge in [0.05, 0.1) is 25.3 Å². The number of rotatable bonds is 6. The molecule has 4 N–H and O–H groups in total. The van der Waals surface area contributed by atoms with Gasteiger partial charge in [-0.3, -0.25) is 14.9 Å². The highest BCUT2D eigenvalue weighted by Gasteiger charge is 2.64. The zero-order valence-electron chi connectivity index (χ0n) is 32.0. The summed E-state index contributed by atoms with van der Waals surface area (Å²) >= 11 is 6.78. The van der Waals surface area contributed by atoms with Crippen LogP contribution < -0.4 is 20.7 Å². The summed E-state index contributed by atoms with van der Waals surface area (Å²) in [4.78, 5) is 56.8. The average Bonchev–Trinajstić information content (AvgIpc) is 3.83. The van der Waals surface area contributed by atoms with Gasteiger partial charge in [-0.15, -0.1) is 0 Å². The first-order chi connectivity index (χ1) is 25.4. The number of allylic oxidation sites excluding steroid dienone is 1. The van der Waals surface area contributed by atoms with Crippen LogP contribution >= 0.6 is 11.6 Å². The molecule has 1 unspecified atom stereocenters. The Kier molecular flexibility index (Phi) is 12.2. The number of alkyl carbamates (subject to hydrolysis) is 1. The fourth-order valence-electron chi connectivity index (χ4n) is 7.24. The smallest absolute Gasteiger partial charge is 0.409 e. The summed E-state index contributed by atoms with van der Waals surface area (Å²) in [5, 5.41) is 14.5. The van der Waals surface area contributed by atoms with Crippen LogP contribution in [0.15, 0.2) is 48.6 Å². The van der Waals surface area contributed by atoms with Gasteiger partial charge >= 0.3 is 12.1 Å². The highest BCUT2D eigenvalue weighted by molar-refractivity contribution is 6.35. The van der Waals surface area contributed by atoms with Gasteiger partial charge in [-0.1, -0.05) is 37.6 Å². The number of epoxide rings is 1. The Labute approximate surface area is 320 Å². The number of carbonyl (C=O) groups excluding carboxylic acids is 4. The number of fused-ring (bicyclic) bond motifs is 5. The molecule has 14 nitrogen and oxygen atoms in total. The molecular weight excluding hydrogens is 720 g/mol. The molecule has 2 fully saturated rings. The molecule has 3 aliphatic heterocycles. The number of hydrogen-bond donors (Lipinski definition) is 3. The van der Waals surface area contributed by atoms with Crippen molar-refractivity contribution in [3.8, 4) is 5.75 Å². The SMILES string of the molecule is COc1cc2cc(c1Cl)N(C)C(=O)C[C@H](OC(=O)[C@H](C)N(C)C(=O)c1ccc(N)cc1)[C@]1(C)O[C@H]1[C@H](C)[C@@H]1C[C@@](O)(NC(=O)O1)[C@H](OC)/C=C/CC(C)C2. The molecule has 0 aromatic heterocycles. The van der Waals surface area contributed by atoms with Gasteiger partial charge in [0, 0.05) is 44.8 Å². The Morgan fingerprint density at radius 1 is 1.15 bits per heavy atom. The topological polar surface area (TPSA) is 182 Å². The van der Waals surface area contributed by atoms with Crippen LogP contribution in [0.1, 0.15) is 62.9 Å². The zero-order chi connectivity index (χ0) is 39.7. The number of nitrogens with zero attached hydrogens (tertiary/aromatic N) is 2. The number of ether oxygens (including phenoxy) is 5. The minimum atomic E-state index is -1.81. The number of benzene rings is 2. The number of anilines is 2. The molecule has 4 bridgehead atoms. The number of halogens is 1. The second-order valence-electron chi connectivity index (χ2n) is 14.8. The summed E-state index contributed by atoms with van der Waals surface area (Å²) in [6, 6.07) is 8.90. The molecule has 54 heavy (non-hydrogen) atoms. The van der Waals surface area contributed by atoms with E-state index in [0.29, 0.717) is 35.5 Å². The van der Waals surface area contributed by atoms with Crippen LogP contribution in [0.3, 0.4) is 0 Å². The summed E-state index contributed by atoms with van der Waals surface area (Å²) in [6.45, 7) is 7.09. The molecule has 0 spiro atoms. The first-order valence-corrected chi connectivity index (χ1v) is 18.3. The molecule has 3 heterocycles. The minimum Gasteiger partial charge on any atom is -0.495 e. The lowest BCUT2D eigenvalue weighted by molar-refractivity contribution is -0.158. The van der Waals surface area contributed by atoms with Crippen molar-refractivity contribution in [1.82, 2.24) is 10.2 Å². The molecule has 0 aliphatic carbocycles. The van der Waals surface area contributed by atoms with Crippen molar-refractivity contribution in [3.05, 3.63) is 64.7 Å². The zero-order valence-corrected chi connectivity index (χ0v) is 32.7. The minimum absolute atomic E-state index is 0.0421. The second-order valence-corrected chi connectivity index (χ2v) is 15.2. The lowest BCUT2D eigenvalue weighted by Gasteiger charge is -2.42. The number of aliphatic hydroxyl groups is 1. The number of nitrogen functional groups attached to an aromatic ring is 1. The van der Waals surface area contributed by atoms with Crippen LogP contribution in [-0.4, -0.2) is 104 Å². The van der Waals surface area contributed by atoms with Gasteiger partial charge in [-0.2, -0.15) is 0 Å². The summed E-state index contributed by atoms with van der Waals surface area (Å²) in [7, 11) is 6.01. The van der Waals surface area contributed by atoms with Crippen molar-refractivity contribution in [2.24, 2.45) is 11.8 Å². The van der Waals surface area contributed by atoms with E-state index in [4.69, 9.17) is 41.0 Å². The predicted octanol–water partition coefficient (Wildman–Crippen LogP) is 4.49. The molecule has 2 saturated heterocycles. The van der Waals surface area contributed by atoms with Crippen molar-refractivity contribution < 1.29 is 48.0 Å². The molecule has 5 rings (SSSR count). The third-order valence-corrected chi connectivity index (χ3v) is 11.3. The molecule has 3 amide bonds. The number of methoxy groups -OCH3 is 2. The Balaban J connectivity index is 1.51. The van der Waals surface area contributed by atoms with Crippen molar-refractivity contribution in [2.45, 2.75) is 95.2 Å². The van der Waals surface area contributed by atoms with Gasteiger partial charge in [0.15, 0.2) is 5.72 Å². The van der Waals surface area contributed by atoms with Crippen molar-refractivity contribution in [2.75, 3.05) is 38.9 Å². The van der Waals surface area contributed by atoms with E-state index >= 15 is 0 Å². The maximum Gasteiger partial charge on any atom is 0.409 e. The van der Waals surface area contributed by atoms with Crippen LogP contribution in [0.25, 0.3) is 0 Å². The highest BCUT2D eigenvalue weighted by atomic mass is 35.5. The summed E-state index contributed by atoms with van der Waals surface area (Å²) in [6.07, 6.45) is 0.0439. The van der Waals surface area contributed by atoms with Crippen LogP contribution in [0.2, 0.25) is 5.02 Å². The van der Waals surface area contributed by atoms with Gasteiger partial charge in [0.2, 0.25) is 5.91 Å². The van der Waals surface area contributed by atoms with Crippen LogP contribution in [0, 0.1) is 11.8 Å². The Morgan fingerprint density at radius 3 is 2.48 bits per heavy atom. The van der Waals surface area contributed by atoms with Gasteiger partial charge in [0.25, 0.3) is 5.91 Å². The van der Waals surface area contributed by atoms with Crippen molar-refractivity contribution >= 4 is 46.9 Å². The normalized spacial score (nSPS) is 31.3. The monoisotopic (exact) mass is 770 g/mol. The van der Waals surface area contributed by atoms with E-state index < -0.39 is 71.6 Å². The second kappa shape index (κ2) is 16.2. The van der Waals surface area contributed by atoms with Crippen LogP contribution in [0.5, 0.6) is 5.75 Å². The van der Waals surface area contributed by atoms with Gasteiger partial charge in [-0.05, 0) is 74.6 Å². The number of esters is 1. The Morgan fingerprint density at radius 2 is 1.83 bits per heavy atom. The maximum atomic E-state index is 14.2. The fourth-order valence-corrected chi connectivity index (χ4v) is 7.55. The maximum absolute atomic E-state index is 14.2. The van der Waals surface area contributed by atoms with Gasteiger partial charge in [0.1, 0.15) is 40.7 Å². The molecule has 0 radical (unpaired) electrons. The summed E-state index contributed by atoms with van der Waals surface area (Å²) in [5.74, 6) is -1.68. The van der Waals surface area contributed by atoms with E-state index in [0.717, 1.165) is 5.56 Å². The number of carbonyl (C=O) groups is 4. The molecule has 294 valence electrons. The Hall–Kier alpha value is -4.37. The average molecular weight is 771 g/mol. The fraction of sp³-hybridized carbons (Fsp3) is 0.538. The molecule has 2 aromatic rings. The number of amides is 3. The molecule has 15 heteroatoms. The van der Waals surface area contributed by atoms with E-state index in [1.165, 1.54) is 38.0 Å². The van der Waals surface area contributed by atoms with E-state index in [2.05, 4.69) is 12.2 Å². The lowest BCUT2D eigenvalue weighted by atomic mass is 9.83. The molecular formula is C39H51ClN4O10. The van der Waals surface area contributed by atoms with Crippen molar-refractivity contribution in [1.29, 1.82) is 0 Å². The standard InChI is InChI=1S/C39H51ClN4O10/c1-21-10-9-11-30(51-8)39(49)20-29(52-37(48)42-39)22(2)34-38(4,54-34)31(19-32(45)44(6)27-17-24(16-21)18-28(50-7)33(27)40)53-36(47)23(3)43(5)35(46)25-12-14-26(41)15-13-25/h9,11-15,17-18,21-23,29-31,34,49H,10,16,19-20,41H2,1-8H3,(H,42,48)/b11-9+/t21?,22-,23+,29+,30-,31+,34+,38+,39+/m1/s1. The van der Waals surface area contributed by atoms with Crippen molar-refractivity contribution in [3.63, 3.8) is 0 Å². The quantitative estimate of drug-likeness (QED) is 0.163. The molecule has 2 aromatic carbocycles. The first kappa shape index (κ1) is 40.8. The van der Waals surface area contributed by atoms with Crippen LogP contribution in [-0.2, 0) is 35.0 Å². The Bertz CT molecular complexity index is 1770. The van der Waals surface area contributed by atoms with Gasteiger partial charge in [-0.25, -0.2) is 9.59 Å². The number of likely N-dealkylation sites (N-methyl/N-ethyl adjacent to an activating group) is 1. The summed E-state index contributed by atoms with van der Waals surface area (Å²) in [5.41, 5.74) is 4.83. The highest BCUT2D eigenvalue weighted by Crippen LogP contribution is 2.49. The van der Waals surface area contributed by atoms with E-state index in [1.807, 2.05) is 18.2 Å². The number of hydrogen-bond acceptors (Lipinski definition) is 11. The molecule has 9 atom stereocenters. The summed E-state index contributed by atoms with van der Waals surface area (Å²) < 4.78 is 29.3. The predicted molar refractivity (Wildman–Crippen MR) is 201 cm³/mol. The number of nitrogens with one attached hydrogen (secondary N) is 1. The van der Waals surface area contributed by atoms with E-state index in [9.17, 15) is 24.3 Å². The van der Waals surface area contributed by atoms with Gasteiger partial charge < -0.3 is 44.3 Å². The van der Waals surface area contributed by atoms with E-state index in [1.54, 1.807) is 51.2 Å². The first-order valence-electron chi connectivity index (χ1n) is 18.0. The third kappa shape index (κ3) is 8.46. The number of nitrogens with two attached hydrogens (primary N) is 1. The van der Waals surface area contributed by atoms with E-state index in [-0.39, 0.29) is 23.8 Å². The molecule has 3 aliphatic rings. The molecule has 0 saturated carbocycles. The third-order valence-electron chi connectivity index (χ3n) is 10.9. The lowest BCUT2D eigenvalue weighted by Crippen LogP contribution is -2.63.